The molecule has 2 aromatic carbocycles. The van der Waals surface area contributed by atoms with Gasteiger partial charge in [0.2, 0.25) is 5.88 Å². The van der Waals surface area contributed by atoms with Gasteiger partial charge in [0.1, 0.15) is 24.0 Å². The van der Waals surface area contributed by atoms with Crippen LogP contribution in [0, 0.1) is 14.9 Å². The first-order valence-corrected chi connectivity index (χ1v) is 12.5. The monoisotopic (exact) mass is 624 g/mol. The van der Waals surface area contributed by atoms with Crippen molar-refractivity contribution in [2.24, 2.45) is 4.99 Å². The summed E-state index contributed by atoms with van der Waals surface area (Å²) >= 11 is 8.44. The smallest absolute Gasteiger partial charge is 0.238 e. The van der Waals surface area contributed by atoms with E-state index in [1.165, 1.54) is 12.5 Å². The van der Waals surface area contributed by atoms with Crippen LogP contribution in [-0.4, -0.2) is 13.3 Å². The Morgan fingerprint density at radius 2 is 1.81 bits per heavy atom. The summed E-state index contributed by atoms with van der Waals surface area (Å²) in [5, 5.41) is 10.6. The highest BCUT2D eigenvalue weighted by Crippen LogP contribution is 2.43. The molecule has 0 unspecified atom stereocenters. The fraction of sp³-hybridized carbons (Fsp3) is 0.0714. The lowest BCUT2D eigenvalue weighted by Gasteiger charge is -2.14. The standard InChI is InChI=1S/C28H18ClIN2O5/c1-33-24-13-17(12-21(30)26(24)36-16-18-6-2-3-7-20(18)29)15-32-28-19(14-31)25(22-8-4-10-34-22)27(37-28)23-9-5-11-35-23/h2-13,15H,16H2,1H3. The van der Waals surface area contributed by atoms with Crippen LogP contribution < -0.4 is 9.47 Å². The van der Waals surface area contributed by atoms with Crippen LogP contribution in [0.3, 0.4) is 0 Å². The first-order chi connectivity index (χ1) is 18.1. The molecule has 0 aliphatic carbocycles. The lowest BCUT2D eigenvalue weighted by molar-refractivity contribution is 0.282. The minimum atomic E-state index is 0.133. The summed E-state index contributed by atoms with van der Waals surface area (Å²) in [5.41, 5.74) is 2.31. The predicted molar refractivity (Wildman–Crippen MR) is 148 cm³/mol. The summed E-state index contributed by atoms with van der Waals surface area (Å²) in [4.78, 5) is 4.49. The molecule has 0 spiro atoms. The Kier molecular flexibility index (Phi) is 7.35. The lowest BCUT2D eigenvalue weighted by Crippen LogP contribution is -2.01. The maximum absolute atomic E-state index is 9.94. The van der Waals surface area contributed by atoms with Gasteiger partial charge in [0.15, 0.2) is 23.0 Å². The van der Waals surface area contributed by atoms with Crippen molar-refractivity contribution in [3.8, 4) is 40.4 Å². The molecule has 0 bridgehead atoms. The molecule has 0 amide bonds. The summed E-state index contributed by atoms with van der Waals surface area (Å²) in [6, 6.07) is 20.4. The maximum Gasteiger partial charge on any atom is 0.238 e. The van der Waals surface area contributed by atoms with Crippen molar-refractivity contribution >= 4 is 46.3 Å². The quantitative estimate of drug-likeness (QED) is 0.127. The van der Waals surface area contributed by atoms with Crippen LogP contribution in [0.15, 0.2) is 91.4 Å². The molecule has 0 saturated heterocycles. The number of rotatable bonds is 8. The van der Waals surface area contributed by atoms with Crippen molar-refractivity contribution in [1.82, 2.24) is 0 Å². The van der Waals surface area contributed by atoms with Crippen LogP contribution in [0.4, 0.5) is 5.88 Å². The first-order valence-electron chi connectivity index (χ1n) is 11.0. The second-order valence-electron chi connectivity index (χ2n) is 7.73. The van der Waals surface area contributed by atoms with E-state index in [0.29, 0.717) is 46.0 Å². The van der Waals surface area contributed by atoms with Crippen molar-refractivity contribution in [1.29, 1.82) is 5.26 Å². The van der Waals surface area contributed by atoms with Crippen molar-refractivity contribution in [3.63, 3.8) is 0 Å². The highest BCUT2D eigenvalue weighted by atomic mass is 127. The molecule has 5 aromatic rings. The Bertz CT molecular complexity index is 1600. The van der Waals surface area contributed by atoms with Crippen LogP contribution in [-0.2, 0) is 6.61 Å². The van der Waals surface area contributed by atoms with Gasteiger partial charge in [0.05, 0.1) is 28.8 Å². The molecule has 0 aliphatic heterocycles. The molecule has 37 heavy (non-hydrogen) atoms. The molecule has 184 valence electrons. The number of aliphatic imine (C=N–C) groups is 1. The van der Waals surface area contributed by atoms with Crippen LogP contribution >= 0.6 is 34.2 Å². The second-order valence-corrected chi connectivity index (χ2v) is 9.29. The molecular weight excluding hydrogens is 607 g/mol. The molecule has 5 rings (SSSR count). The van der Waals surface area contributed by atoms with Gasteiger partial charge in [0, 0.05) is 16.8 Å². The third kappa shape index (κ3) is 5.14. The van der Waals surface area contributed by atoms with E-state index in [1.807, 2.05) is 30.3 Å². The second kappa shape index (κ2) is 11.0. The number of furan rings is 3. The number of hydrogen-bond acceptors (Lipinski definition) is 7. The molecule has 0 atom stereocenters. The molecule has 0 N–H and O–H groups in total. The van der Waals surface area contributed by atoms with E-state index in [-0.39, 0.29) is 11.4 Å². The van der Waals surface area contributed by atoms with Gasteiger partial charge in [-0.05, 0) is 70.6 Å². The third-order valence-corrected chi connectivity index (χ3v) is 6.60. The SMILES string of the molecule is COc1cc(C=Nc2oc(-c3ccco3)c(-c3ccco3)c2C#N)cc(I)c1OCc1ccccc1Cl. The van der Waals surface area contributed by atoms with Gasteiger partial charge in [-0.1, -0.05) is 29.8 Å². The molecule has 0 radical (unpaired) electrons. The third-order valence-electron chi connectivity index (χ3n) is 5.43. The minimum Gasteiger partial charge on any atom is -0.493 e. The Labute approximate surface area is 231 Å². The maximum atomic E-state index is 9.94. The van der Waals surface area contributed by atoms with E-state index >= 15 is 0 Å². The Morgan fingerprint density at radius 3 is 2.49 bits per heavy atom. The average Bonchev–Trinajstić information content (AvgIpc) is 3.68. The van der Waals surface area contributed by atoms with Crippen molar-refractivity contribution in [3.05, 3.63) is 98.5 Å². The van der Waals surface area contributed by atoms with Gasteiger partial charge in [-0.15, -0.1) is 0 Å². The van der Waals surface area contributed by atoms with Gasteiger partial charge in [-0.2, -0.15) is 5.26 Å². The zero-order valence-corrected chi connectivity index (χ0v) is 22.3. The van der Waals surface area contributed by atoms with Crippen LogP contribution in [0.5, 0.6) is 11.5 Å². The number of benzene rings is 2. The molecule has 3 heterocycles. The number of hydrogen-bond donors (Lipinski definition) is 0. The zero-order chi connectivity index (χ0) is 25.8. The minimum absolute atomic E-state index is 0.133. The zero-order valence-electron chi connectivity index (χ0n) is 19.4. The molecule has 9 heteroatoms. The highest BCUT2D eigenvalue weighted by Gasteiger charge is 2.26. The largest absolute Gasteiger partial charge is 0.493 e. The van der Waals surface area contributed by atoms with Gasteiger partial charge < -0.3 is 22.7 Å². The highest BCUT2D eigenvalue weighted by molar-refractivity contribution is 14.1. The Balaban J connectivity index is 1.48. The lowest BCUT2D eigenvalue weighted by atomic mass is 10.1. The number of methoxy groups -OCH3 is 1. The van der Waals surface area contributed by atoms with E-state index in [0.717, 1.165) is 14.7 Å². The number of nitriles is 1. The first kappa shape index (κ1) is 24.7. The average molecular weight is 625 g/mol. The van der Waals surface area contributed by atoms with E-state index in [2.05, 4.69) is 33.7 Å². The van der Waals surface area contributed by atoms with Crippen LogP contribution in [0.2, 0.25) is 5.02 Å². The van der Waals surface area contributed by atoms with Gasteiger partial charge in [-0.3, -0.25) is 0 Å². The van der Waals surface area contributed by atoms with Crippen molar-refractivity contribution < 1.29 is 22.7 Å². The summed E-state index contributed by atoms with van der Waals surface area (Å²) < 4.78 is 29.5. The van der Waals surface area contributed by atoms with Gasteiger partial charge in [0.25, 0.3) is 0 Å². The molecule has 3 aromatic heterocycles. The van der Waals surface area contributed by atoms with E-state index < -0.39 is 0 Å². The Hall–Kier alpha value is -3.94. The van der Waals surface area contributed by atoms with Gasteiger partial charge in [-0.25, -0.2) is 4.99 Å². The molecule has 0 fully saturated rings. The molecular formula is C28H18ClIN2O5. The summed E-state index contributed by atoms with van der Waals surface area (Å²) in [7, 11) is 1.57. The molecule has 0 aliphatic rings. The summed E-state index contributed by atoms with van der Waals surface area (Å²) in [6.07, 6.45) is 4.66. The number of halogens is 2. The fourth-order valence-corrected chi connectivity index (χ4v) is 4.68. The normalized spacial score (nSPS) is 11.1. The summed E-state index contributed by atoms with van der Waals surface area (Å²) in [5.74, 6) is 2.56. The van der Waals surface area contributed by atoms with Gasteiger partial charge >= 0.3 is 0 Å². The number of ether oxygens (including phenoxy) is 2. The van der Waals surface area contributed by atoms with E-state index in [4.69, 9.17) is 34.3 Å². The van der Waals surface area contributed by atoms with Crippen LogP contribution in [0.1, 0.15) is 16.7 Å². The number of nitrogens with zero attached hydrogens (tertiary/aromatic N) is 2. The summed E-state index contributed by atoms with van der Waals surface area (Å²) in [6.45, 7) is 0.294. The van der Waals surface area contributed by atoms with E-state index in [1.54, 1.807) is 43.7 Å². The predicted octanol–water partition coefficient (Wildman–Crippen LogP) is 8.27. The van der Waals surface area contributed by atoms with E-state index in [9.17, 15) is 5.26 Å². The van der Waals surface area contributed by atoms with Crippen molar-refractivity contribution in [2.75, 3.05) is 7.11 Å². The molecule has 0 saturated carbocycles. The Morgan fingerprint density at radius 1 is 1.05 bits per heavy atom. The van der Waals surface area contributed by atoms with Crippen LogP contribution in [0.25, 0.3) is 22.8 Å². The topological polar surface area (TPSA) is 94.0 Å². The molecule has 7 nitrogen and oxygen atoms in total. The fourth-order valence-electron chi connectivity index (χ4n) is 3.70. The van der Waals surface area contributed by atoms with Crippen molar-refractivity contribution in [2.45, 2.75) is 6.61 Å².